The van der Waals surface area contributed by atoms with Gasteiger partial charge in [0.1, 0.15) is 6.33 Å². The van der Waals surface area contributed by atoms with Gasteiger partial charge in [-0.3, -0.25) is 4.79 Å². The molecule has 0 N–H and O–H groups in total. The van der Waals surface area contributed by atoms with Gasteiger partial charge in [0.2, 0.25) is 11.8 Å². The Morgan fingerprint density at radius 2 is 1.93 bits per heavy atom. The Morgan fingerprint density at radius 3 is 2.66 bits per heavy atom. The van der Waals surface area contributed by atoms with E-state index in [0.717, 1.165) is 18.5 Å². The number of carbonyl (C=O) groups is 1. The van der Waals surface area contributed by atoms with Gasteiger partial charge in [0.05, 0.1) is 10.9 Å². The zero-order valence-corrected chi connectivity index (χ0v) is 16.1. The van der Waals surface area contributed by atoms with Crippen molar-refractivity contribution in [1.29, 1.82) is 0 Å². The fourth-order valence-corrected chi connectivity index (χ4v) is 3.86. The molecule has 156 valence electrons. The second kappa shape index (κ2) is 8.86. The highest BCUT2D eigenvalue weighted by molar-refractivity contribution is 5.87. The maximum absolute atomic E-state index is 12.7. The lowest BCUT2D eigenvalue weighted by Gasteiger charge is -2.38. The minimum Gasteiger partial charge on any atom is -0.471 e. The van der Waals surface area contributed by atoms with Crippen LogP contribution in [0, 0.1) is 5.92 Å². The smallest absolute Gasteiger partial charge is 0.272 e. The summed E-state index contributed by atoms with van der Waals surface area (Å²) in [7, 11) is 0. The predicted molar refractivity (Wildman–Crippen MR) is 103 cm³/mol. The van der Waals surface area contributed by atoms with Gasteiger partial charge in [-0.2, -0.15) is 0 Å². The van der Waals surface area contributed by atoms with Crippen molar-refractivity contribution in [3.63, 3.8) is 0 Å². The molecule has 0 aliphatic carbocycles. The molecular weight excluding hydrogens is 382 g/mol. The molecule has 0 spiro atoms. The van der Waals surface area contributed by atoms with Crippen molar-refractivity contribution in [2.24, 2.45) is 5.92 Å². The highest BCUT2D eigenvalue weighted by Gasteiger charge is 2.29. The van der Waals surface area contributed by atoms with Crippen LogP contribution in [0.5, 0.6) is 5.88 Å². The Kier molecular flexibility index (Phi) is 6.03. The van der Waals surface area contributed by atoms with Crippen LogP contribution in [0.3, 0.4) is 0 Å². The van der Waals surface area contributed by atoms with Gasteiger partial charge in [0.25, 0.3) is 6.43 Å². The number of fused-ring (bicyclic) bond motifs is 1. The zero-order chi connectivity index (χ0) is 20.2. The van der Waals surface area contributed by atoms with Crippen molar-refractivity contribution in [1.82, 2.24) is 14.9 Å². The van der Waals surface area contributed by atoms with Crippen LogP contribution in [-0.4, -0.2) is 73.2 Å². The number of rotatable bonds is 5. The fourth-order valence-electron chi connectivity index (χ4n) is 3.86. The number of aromatic nitrogens is 2. The van der Waals surface area contributed by atoms with E-state index in [1.807, 2.05) is 23.1 Å². The number of anilines is 1. The molecule has 3 heterocycles. The van der Waals surface area contributed by atoms with E-state index in [2.05, 4.69) is 14.9 Å². The van der Waals surface area contributed by atoms with Crippen molar-refractivity contribution in [2.75, 3.05) is 50.9 Å². The van der Waals surface area contributed by atoms with Crippen molar-refractivity contribution in [3.05, 3.63) is 24.5 Å². The van der Waals surface area contributed by atoms with Crippen molar-refractivity contribution in [2.45, 2.75) is 19.3 Å². The van der Waals surface area contributed by atoms with E-state index in [0.29, 0.717) is 50.3 Å². The van der Waals surface area contributed by atoms with E-state index in [4.69, 9.17) is 9.47 Å². The summed E-state index contributed by atoms with van der Waals surface area (Å²) in [5.41, 5.74) is 1.58. The summed E-state index contributed by atoms with van der Waals surface area (Å²) in [4.78, 5) is 25.0. The largest absolute Gasteiger partial charge is 0.471 e. The second-order valence-electron chi connectivity index (χ2n) is 7.28. The fraction of sp³-hybridized carbons (Fsp3) is 0.550. The molecule has 0 unspecified atom stereocenters. The lowest BCUT2D eigenvalue weighted by molar-refractivity contribution is -0.138. The third-order valence-electron chi connectivity index (χ3n) is 5.46. The first-order valence-electron chi connectivity index (χ1n) is 9.89. The maximum Gasteiger partial charge on any atom is 0.272 e. The third kappa shape index (κ3) is 4.55. The van der Waals surface area contributed by atoms with Crippen LogP contribution in [0.4, 0.5) is 14.5 Å². The molecule has 0 saturated carbocycles. The van der Waals surface area contributed by atoms with E-state index in [-0.39, 0.29) is 17.7 Å². The van der Waals surface area contributed by atoms with Gasteiger partial charge in [0.15, 0.2) is 6.61 Å². The molecule has 9 heteroatoms. The molecule has 7 nitrogen and oxygen atoms in total. The number of hydrogen-bond donors (Lipinski definition) is 0. The van der Waals surface area contributed by atoms with Crippen LogP contribution in [0.15, 0.2) is 24.5 Å². The number of hydrogen-bond acceptors (Lipinski definition) is 6. The summed E-state index contributed by atoms with van der Waals surface area (Å²) in [6, 6.07) is 5.65. The molecule has 2 fully saturated rings. The molecule has 0 radical (unpaired) electrons. The summed E-state index contributed by atoms with van der Waals surface area (Å²) in [6.45, 7) is 3.35. The summed E-state index contributed by atoms with van der Waals surface area (Å²) in [5, 5.41) is 0.603. The number of carbonyl (C=O) groups excluding carboxylic acids is 1. The lowest BCUT2D eigenvalue weighted by atomic mass is 9.98. The molecular formula is C20H24F2N4O3. The van der Waals surface area contributed by atoms with E-state index >= 15 is 0 Å². The average molecular weight is 406 g/mol. The lowest BCUT2D eigenvalue weighted by Crippen LogP contribution is -2.51. The average Bonchev–Trinajstić information content (AvgIpc) is 2.77. The Balaban J connectivity index is 1.44. The summed E-state index contributed by atoms with van der Waals surface area (Å²) < 4.78 is 35.5. The van der Waals surface area contributed by atoms with Gasteiger partial charge in [-0.25, -0.2) is 18.7 Å². The first-order valence-corrected chi connectivity index (χ1v) is 9.89. The molecule has 4 rings (SSSR count). The number of halogens is 2. The predicted octanol–water partition coefficient (Wildman–Crippen LogP) is 2.35. The van der Waals surface area contributed by atoms with Gasteiger partial charge < -0.3 is 19.3 Å². The highest BCUT2D eigenvalue weighted by atomic mass is 19.3. The molecule has 2 aliphatic rings. The van der Waals surface area contributed by atoms with Crippen molar-refractivity contribution < 1.29 is 23.0 Å². The normalized spacial score (nSPS) is 18.4. The van der Waals surface area contributed by atoms with Crippen LogP contribution in [0.1, 0.15) is 12.8 Å². The van der Waals surface area contributed by atoms with Crippen LogP contribution >= 0.6 is 0 Å². The molecule has 2 saturated heterocycles. The topological polar surface area (TPSA) is 67.8 Å². The van der Waals surface area contributed by atoms with Gasteiger partial charge in [-0.1, -0.05) is 0 Å². The highest BCUT2D eigenvalue weighted by Crippen LogP contribution is 2.28. The Labute approximate surface area is 167 Å². The minimum atomic E-state index is -2.57. The molecule has 2 aliphatic heterocycles. The standard InChI is InChI=1S/C20H24F2N4O3/c21-18(22)12-29-19-16-11-15(1-2-17(16)23-13-24-19)25-5-7-26(8-6-25)20(27)14-3-9-28-10-4-14/h1-2,11,13-14,18H,3-10,12H2. The number of piperazine rings is 1. The van der Waals surface area contributed by atoms with E-state index in [1.54, 1.807) is 0 Å². The van der Waals surface area contributed by atoms with E-state index in [9.17, 15) is 13.6 Å². The summed E-state index contributed by atoms with van der Waals surface area (Å²) in [6.07, 6.45) is 0.337. The molecule has 1 amide bonds. The van der Waals surface area contributed by atoms with E-state index in [1.165, 1.54) is 6.33 Å². The Morgan fingerprint density at radius 1 is 1.17 bits per heavy atom. The quantitative estimate of drug-likeness (QED) is 0.759. The molecule has 0 bridgehead atoms. The first kappa shape index (κ1) is 19.8. The summed E-state index contributed by atoms with van der Waals surface area (Å²) in [5.74, 6) is 0.454. The van der Waals surface area contributed by atoms with Crippen LogP contribution in [-0.2, 0) is 9.53 Å². The van der Waals surface area contributed by atoms with Crippen LogP contribution < -0.4 is 9.64 Å². The molecule has 2 aromatic rings. The monoisotopic (exact) mass is 406 g/mol. The zero-order valence-electron chi connectivity index (χ0n) is 16.1. The Bertz CT molecular complexity index is 853. The van der Waals surface area contributed by atoms with Crippen LogP contribution in [0.2, 0.25) is 0 Å². The second-order valence-corrected chi connectivity index (χ2v) is 7.28. The van der Waals surface area contributed by atoms with Crippen molar-refractivity contribution >= 4 is 22.5 Å². The van der Waals surface area contributed by atoms with Gasteiger partial charge in [-0.05, 0) is 31.0 Å². The summed E-state index contributed by atoms with van der Waals surface area (Å²) >= 11 is 0. The number of nitrogens with zero attached hydrogens (tertiary/aromatic N) is 4. The first-order chi connectivity index (χ1) is 14.1. The molecule has 0 atom stereocenters. The maximum atomic E-state index is 12.7. The number of benzene rings is 1. The van der Waals surface area contributed by atoms with Crippen molar-refractivity contribution in [3.8, 4) is 5.88 Å². The van der Waals surface area contributed by atoms with Crippen LogP contribution in [0.25, 0.3) is 10.9 Å². The number of amides is 1. The molecule has 29 heavy (non-hydrogen) atoms. The molecule has 1 aromatic heterocycles. The van der Waals surface area contributed by atoms with E-state index < -0.39 is 13.0 Å². The van der Waals surface area contributed by atoms with Gasteiger partial charge in [0, 0.05) is 51.0 Å². The Hall–Kier alpha value is -2.55. The van der Waals surface area contributed by atoms with Gasteiger partial charge >= 0.3 is 0 Å². The number of alkyl halides is 2. The van der Waals surface area contributed by atoms with Gasteiger partial charge in [-0.15, -0.1) is 0 Å². The number of ether oxygens (including phenoxy) is 2. The third-order valence-corrected chi connectivity index (χ3v) is 5.46. The molecule has 1 aromatic carbocycles. The minimum absolute atomic E-state index is 0.0719. The SMILES string of the molecule is O=C(C1CCOCC1)N1CCN(c2ccc3ncnc(OCC(F)F)c3c2)CC1.